The number of allylic oxidation sites excluding steroid dienone is 1. The summed E-state index contributed by atoms with van der Waals surface area (Å²) < 4.78 is 16.1. The van der Waals surface area contributed by atoms with Crippen molar-refractivity contribution in [2.75, 3.05) is 25.3 Å². The van der Waals surface area contributed by atoms with Crippen LogP contribution in [0, 0.1) is 10.1 Å². The first-order chi connectivity index (χ1) is 18.9. The lowest BCUT2D eigenvalue weighted by Crippen LogP contribution is -2.14. The lowest BCUT2D eigenvalue weighted by molar-refractivity contribution is -0.384. The second-order valence-corrected chi connectivity index (χ2v) is 8.83. The number of hydrogen-bond donors (Lipinski definition) is 1. The third-order valence-electron chi connectivity index (χ3n) is 5.34. The number of carbonyl (C=O) groups is 2. The highest BCUT2D eigenvalue weighted by Crippen LogP contribution is 2.27. The number of ether oxygens (including phenoxy) is 2. The summed E-state index contributed by atoms with van der Waals surface area (Å²) in [6, 6.07) is 17.6. The Kier molecular flexibility index (Phi) is 8.69. The Balaban J connectivity index is 1.31. The number of ketones is 1. The van der Waals surface area contributed by atoms with Gasteiger partial charge in [-0.05, 0) is 60.7 Å². The van der Waals surface area contributed by atoms with Gasteiger partial charge >= 0.3 is 0 Å². The Morgan fingerprint density at radius 1 is 1.05 bits per heavy atom. The molecule has 1 aromatic heterocycles. The van der Waals surface area contributed by atoms with Gasteiger partial charge in [-0.2, -0.15) is 0 Å². The van der Waals surface area contributed by atoms with E-state index in [9.17, 15) is 19.7 Å². The molecule has 39 heavy (non-hydrogen) atoms. The number of anilines is 1. The minimum absolute atomic E-state index is 0.0115. The Labute approximate surface area is 227 Å². The number of nitro groups is 1. The molecule has 0 atom stereocenters. The van der Waals surface area contributed by atoms with E-state index >= 15 is 0 Å². The molecule has 1 N–H and O–H groups in total. The molecule has 4 rings (SSSR count). The SMILES string of the molecule is COc1ccc(OC)c(/C=C\C(=O)c2ccc(NC(=O)CSc3nnc(-c4cccc([N+](=O)[O-])c4)o3)cc2)c1. The highest BCUT2D eigenvalue weighted by atomic mass is 32.2. The zero-order valence-electron chi connectivity index (χ0n) is 20.8. The van der Waals surface area contributed by atoms with Crippen molar-refractivity contribution in [3.63, 3.8) is 0 Å². The van der Waals surface area contributed by atoms with Crippen LogP contribution in [-0.2, 0) is 4.79 Å². The molecule has 12 heteroatoms. The zero-order valence-corrected chi connectivity index (χ0v) is 21.6. The average Bonchev–Trinajstić information content (AvgIpc) is 3.44. The smallest absolute Gasteiger partial charge is 0.277 e. The van der Waals surface area contributed by atoms with Gasteiger partial charge in [-0.25, -0.2) is 0 Å². The molecule has 3 aromatic carbocycles. The minimum atomic E-state index is -0.515. The second kappa shape index (κ2) is 12.5. The van der Waals surface area contributed by atoms with Crippen LogP contribution in [0.2, 0.25) is 0 Å². The summed E-state index contributed by atoms with van der Waals surface area (Å²) in [4.78, 5) is 35.4. The van der Waals surface area contributed by atoms with Crippen LogP contribution in [0.25, 0.3) is 17.5 Å². The number of rotatable bonds is 11. The molecule has 0 saturated carbocycles. The van der Waals surface area contributed by atoms with Gasteiger partial charge in [-0.15, -0.1) is 10.2 Å². The Bertz CT molecular complexity index is 1530. The van der Waals surface area contributed by atoms with E-state index in [1.807, 2.05) is 0 Å². The van der Waals surface area contributed by atoms with Crippen LogP contribution in [0.5, 0.6) is 11.5 Å². The predicted octanol–water partition coefficient (Wildman–Crippen LogP) is 5.29. The van der Waals surface area contributed by atoms with Crippen LogP contribution < -0.4 is 14.8 Å². The number of aromatic nitrogens is 2. The fourth-order valence-electron chi connectivity index (χ4n) is 3.41. The number of amides is 1. The molecule has 0 saturated heterocycles. The van der Waals surface area contributed by atoms with E-state index in [0.717, 1.165) is 11.8 Å². The van der Waals surface area contributed by atoms with Crippen LogP contribution in [-0.4, -0.2) is 46.8 Å². The van der Waals surface area contributed by atoms with Crippen LogP contribution in [0.15, 0.2) is 82.4 Å². The first-order valence-electron chi connectivity index (χ1n) is 11.4. The van der Waals surface area contributed by atoms with Crippen LogP contribution in [0.1, 0.15) is 15.9 Å². The summed E-state index contributed by atoms with van der Waals surface area (Å²) in [5.74, 6) is 0.812. The van der Waals surface area contributed by atoms with Crippen molar-refractivity contribution < 1.29 is 28.4 Å². The molecular formula is C27H22N4O7S. The quantitative estimate of drug-likeness (QED) is 0.0865. The molecule has 0 radical (unpaired) electrons. The van der Waals surface area contributed by atoms with Gasteiger partial charge < -0.3 is 19.2 Å². The lowest BCUT2D eigenvalue weighted by atomic mass is 10.1. The highest BCUT2D eigenvalue weighted by molar-refractivity contribution is 7.99. The molecule has 4 aromatic rings. The Hall–Kier alpha value is -4.97. The van der Waals surface area contributed by atoms with Gasteiger partial charge in [-0.3, -0.25) is 19.7 Å². The second-order valence-electron chi connectivity index (χ2n) is 7.90. The van der Waals surface area contributed by atoms with Crippen LogP contribution in [0.3, 0.4) is 0 Å². The maximum atomic E-state index is 12.6. The van der Waals surface area contributed by atoms with Crippen LogP contribution in [0.4, 0.5) is 11.4 Å². The van der Waals surface area contributed by atoms with E-state index in [2.05, 4.69) is 15.5 Å². The topological polar surface area (TPSA) is 147 Å². The summed E-state index contributed by atoms with van der Waals surface area (Å²) >= 11 is 1.02. The summed E-state index contributed by atoms with van der Waals surface area (Å²) in [7, 11) is 3.11. The molecular weight excluding hydrogens is 524 g/mol. The van der Waals surface area contributed by atoms with Crippen molar-refractivity contribution in [3.05, 3.63) is 94.0 Å². The third-order valence-corrected chi connectivity index (χ3v) is 6.16. The van der Waals surface area contributed by atoms with Gasteiger partial charge in [0.1, 0.15) is 11.5 Å². The van der Waals surface area contributed by atoms with Crippen molar-refractivity contribution in [2.24, 2.45) is 0 Å². The molecule has 0 unspecified atom stereocenters. The normalized spacial score (nSPS) is 10.8. The van der Waals surface area contributed by atoms with Crippen molar-refractivity contribution in [1.29, 1.82) is 0 Å². The van der Waals surface area contributed by atoms with E-state index in [4.69, 9.17) is 13.9 Å². The highest BCUT2D eigenvalue weighted by Gasteiger charge is 2.14. The maximum absolute atomic E-state index is 12.6. The number of non-ortho nitro benzene ring substituents is 1. The average molecular weight is 547 g/mol. The van der Waals surface area contributed by atoms with Crippen LogP contribution >= 0.6 is 11.8 Å². The minimum Gasteiger partial charge on any atom is -0.497 e. The van der Waals surface area contributed by atoms with Gasteiger partial charge in [0, 0.05) is 34.5 Å². The van der Waals surface area contributed by atoms with Crippen molar-refractivity contribution in [1.82, 2.24) is 10.2 Å². The van der Waals surface area contributed by atoms with Gasteiger partial charge in [0.05, 0.1) is 24.9 Å². The summed E-state index contributed by atoms with van der Waals surface area (Å²) in [5, 5.41) is 21.6. The number of thioether (sulfide) groups is 1. The van der Waals surface area contributed by atoms with Gasteiger partial charge in [0.25, 0.3) is 10.9 Å². The molecule has 0 bridgehead atoms. The number of nitrogens with zero attached hydrogens (tertiary/aromatic N) is 3. The van der Waals surface area contributed by atoms with Gasteiger partial charge in [0.2, 0.25) is 11.8 Å². The monoisotopic (exact) mass is 546 g/mol. The molecule has 0 aliphatic heterocycles. The fourth-order valence-corrected chi connectivity index (χ4v) is 3.97. The number of carbonyl (C=O) groups excluding carboxylic acids is 2. The van der Waals surface area contributed by atoms with Crippen molar-refractivity contribution in [2.45, 2.75) is 5.22 Å². The van der Waals surface area contributed by atoms with Crippen molar-refractivity contribution >= 4 is 40.9 Å². The number of hydrogen-bond acceptors (Lipinski definition) is 10. The molecule has 1 amide bonds. The number of nitrogens with one attached hydrogen (secondary N) is 1. The summed E-state index contributed by atoms with van der Waals surface area (Å²) in [6.07, 6.45) is 3.09. The van der Waals surface area contributed by atoms with Crippen molar-refractivity contribution in [3.8, 4) is 23.0 Å². The van der Waals surface area contributed by atoms with E-state index in [-0.39, 0.29) is 34.2 Å². The van der Waals surface area contributed by atoms with E-state index in [0.29, 0.717) is 33.9 Å². The predicted molar refractivity (Wildman–Crippen MR) is 145 cm³/mol. The van der Waals surface area contributed by atoms with Gasteiger partial charge in [-0.1, -0.05) is 17.8 Å². The Morgan fingerprint density at radius 2 is 1.85 bits per heavy atom. The zero-order chi connectivity index (χ0) is 27.8. The first kappa shape index (κ1) is 27.1. The third kappa shape index (κ3) is 7.08. The standard InChI is InChI=1S/C27H22N4O7S/c1-36-22-11-13-24(37-2)18(15-22)8-12-23(32)17-6-9-20(10-7-17)28-25(33)16-39-27-30-29-26(38-27)19-4-3-5-21(14-19)31(34)35/h3-15H,16H2,1-2H3,(H,28,33)/b12-8-. The van der Waals surface area contributed by atoms with E-state index < -0.39 is 4.92 Å². The molecule has 11 nitrogen and oxygen atoms in total. The summed E-state index contributed by atoms with van der Waals surface area (Å²) in [5.41, 5.74) is 1.96. The number of nitro benzene ring substituents is 1. The molecule has 198 valence electrons. The largest absolute Gasteiger partial charge is 0.497 e. The molecule has 1 heterocycles. The van der Waals surface area contributed by atoms with E-state index in [1.54, 1.807) is 68.8 Å². The fraction of sp³-hybridized carbons (Fsp3) is 0.111. The van der Waals surface area contributed by atoms with Gasteiger partial charge in [0.15, 0.2) is 5.78 Å². The number of benzene rings is 3. The van der Waals surface area contributed by atoms with E-state index in [1.165, 1.54) is 24.3 Å². The Morgan fingerprint density at radius 3 is 2.56 bits per heavy atom. The number of methoxy groups -OCH3 is 2. The summed E-state index contributed by atoms with van der Waals surface area (Å²) in [6.45, 7) is 0. The molecule has 0 aliphatic rings. The first-order valence-corrected chi connectivity index (χ1v) is 12.4. The lowest BCUT2D eigenvalue weighted by Gasteiger charge is -2.07. The molecule has 0 fully saturated rings. The maximum Gasteiger partial charge on any atom is 0.277 e. The molecule has 0 aliphatic carbocycles. The molecule has 0 spiro atoms.